The minimum absolute atomic E-state index is 0.189. The van der Waals surface area contributed by atoms with Crippen LogP contribution in [0.15, 0.2) is 33.5 Å². The van der Waals surface area contributed by atoms with Crippen LogP contribution in [-0.2, 0) is 4.74 Å². The van der Waals surface area contributed by atoms with E-state index in [1.165, 1.54) is 19.2 Å². The second kappa shape index (κ2) is 6.23. The number of carbonyl (C=O) groups excluding carboxylic acids is 1. The molecule has 0 radical (unpaired) electrons. The summed E-state index contributed by atoms with van der Waals surface area (Å²) < 4.78 is 15.4. The average molecular weight is 276 g/mol. The number of rotatable bonds is 5. The third-order valence-corrected chi connectivity index (χ3v) is 2.86. The van der Waals surface area contributed by atoms with Gasteiger partial charge in [0, 0.05) is 11.5 Å². The van der Waals surface area contributed by atoms with Gasteiger partial charge in [-0.05, 0) is 24.6 Å². The van der Waals surface area contributed by atoms with Crippen LogP contribution in [0.2, 0.25) is 0 Å². The first-order valence-corrected chi connectivity index (χ1v) is 6.44. The van der Waals surface area contributed by atoms with Gasteiger partial charge >= 0.3 is 11.6 Å². The molecule has 0 unspecified atom stereocenters. The zero-order chi connectivity index (χ0) is 14.5. The molecule has 0 amide bonds. The van der Waals surface area contributed by atoms with E-state index in [4.69, 9.17) is 13.9 Å². The molecule has 5 nitrogen and oxygen atoms in total. The van der Waals surface area contributed by atoms with E-state index in [9.17, 15) is 9.59 Å². The van der Waals surface area contributed by atoms with Gasteiger partial charge in [-0.3, -0.25) is 0 Å². The lowest BCUT2D eigenvalue weighted by molar-refractivity contribution is 0.0601. The smallest absolute Gasteiger partial charge is 0.341 e. The molecule has 0 bridgehead atoms. The van der Waals surface area contributed by atoms with Crippen LogP contribution in [0.25, 0.3) is 11.0 Å². The van der Waals surface area contributed by atoms with Crippen molar-refractivity contribution in [3.8, 4) is 5.75 Å². The molecule has 106 valence electrons. The molecule has 1 aromatic heterocycles. The normalized spacial score (nSPS) is 10.5. The number of unbranched alkanes of at least 4 members (excludes halogenated alkanes) is 1. The van der Waals surface area contributed by atoms with Crippen LogP contribution < -0.4 is 10.4 Å². The monoisotopic (exact) mass is 276 g/mol. The first-order chi connectivity index (χ1) is 9.65. The lowest BCUT2D eigenvalue weighted by Gasteiger charge is -2.09. The number of fused-ring (bicyclic) bond motifs is 1. The number of hydrogen-bond acceptors (Lipinski definition) is 5. The summed E-state index contributed by atoms with van der Waals surface area (Å²) in [4.78, 5) is 23.1. The molecule has 5 heteroatoms. The maximum Gasteiger partial charge on any atom is 0.341 e. The third-order valence-electron chi connectivity index (χ3n) is 2.86. The Bertz CT molecular complexity index is 672. The molecule has 0 saturated carbocycles. The summed E-state index contributed by atoms with van der Waals surface area (Å²) in [6.45, 7) is 2.64. The summed E-state index contributed by atoms with van der Waals surface area (Å²) >= 11 is 0. The number of benzene rings is 1. The quantitative estimate of drug-likeness (QED) is 0.477. The van der Waals surface area contributed by atoms with Gasteiger partial charge in [0.05, 0.1) is 13.7 Å². The van der Waals surface area contributed by atoms with Crippen LogP contribution in [0.1, 0.15) is 30.1 Å². The van der Waals surface area contributed by atoms with Gasteiger partial charge in [-0.25, -0.2) is 9.59 Å². The Hall–Kier alpha value is -2.30. The SMILES string of the molecule is CCCCOc1cc(C(=O)OC)c2oc(=O)ccc2c1. The van der Waals surface area contributed by atoms with Crippen molar-refractivity contribution in [2.75, 3.05) is 13.7 Å². The second-order valence-electron chi connectivity index (χ2n) is 4.34. The Labute approximate surface area is 116 Å². The standard InChI is InChI=1S/C15H16O5/c1-3-4-7-19-11-8-10-5-6-13(16)20-14(10)12(9-11)15(17)18-2/h5-6,8-9H,3-4,7H2,1-2H3. The Balaban J connectivity index is 2.50. The highest BCUT2D eigenvalue weighted by molar-refractivity contribution is 6.02. The van der Waals surface area contributed by atoms with Crippen LogP contribution in [0, 0.1) is 0 Å². The molecule has 0 aliphatic rings. The molecule has 1 heterocycles. The summed E-state index contributed by atoms with van der Waals surface area (Å²) in [5.41, 5.74) is -0.108. The van der Waals surface area contributed by atoms with Crippen LogP contribution in [0.5, 0.6) is 5.75 Å². The lowest BCUT2D eigenvalue weighted by atomic mass is 10.1. The Morgan fingerprint density at radius 2 is 2.10 bits per heavy atom. The highest BCUT2D eigenvalue weighted by Crippen LogP contribution is 2.25. The second-order valence-corrected chi connectivity index (χ2v) is 4.34. The van der Waals surface area contributed by atoms with Crippen molar-refractivity contribution in [2.24, 2.45) is 0 Å². The molecule has 0 spiro atoms. The predicted octanol–water partition coefficient (Wildman–Crippen LogP) is 2.76. The third kappa shape index (κ3) is 2.99. The number of ether oxygens (including phenoxy) is 2. The largest absolute Gasteiger partial charge is 0.494 e. The maximum atomic E-state index is 11.8. The topological polar surface area (TPSA) is 65.7 Å². The zero-order valence-corrected chi connectivity index (χ0v) is 11.5. The van der Waals surface area contributed by atoms with Crippen molar-refractivity contribution in [1.29, 1.82) is 0 Å². The van der Waals surface area contributed by atoms with E-state index in [2.05, 4.69) is 6.92 Å². The summed E-state index contributed by atoms with van der Waals surface area (Å²) in [5, 5.41) is 0.624. The Kier molecular flexibility index (Phi) is 4.40. The lowest BCUT2D eigenvalue weighted by Crippen LogP contribution is -2.06. The maximum absolute atomic E-state index is 11.8. The van der Waals surface area contributed by atoms with Crippen molar-refractivity contribution in [1.82, 2.24) is 0 Å². The summed E-state index contributed by atoms with van der Waals surface area (Å²) in [6, 6.07) is 6.17. The van der Waals surface area contributed by atoms with Crippen molar-refractivity contribution in [2.45, 2.75) is 19.8 Å². The van der Waals surface area contributed by atoms with E-state index < -0.39 is 11.6 Å². The van der Waals surface area contributed by atoms with Gasteiger partial charge < -0.3 is 13.9 Å². The molecule has 0 fully saturated rings. The molecule has 2 aromatic rings. The number of methoxy groups -OCH3 is 1. The Morgan fingerprint density at radius 3 is 2.80 bits per heavy atom. The van der Waals surface area contributed by atoms with Crippen LogP contribution in [0.3, 0.4) is 0 Å². The number of carbonyl (C=O) groups is 1. The van der Waals surface area contributed by atoms with Crippen molar-refractivity contribution >= 4 is 16.9 Å². The molecule has 0 saturated heterocycles. The molecule has 2 rings (SSSR count). The summed E-state index contributed by atoms with van der Waals surface area (Å²) in [5.74, 6) is -0.00881. The van der Waals surface area contributed by atoms with Crippen molar-refractivity contribution in [3.05, 3.63) is 40.2 Å². The fourth-order valence-electron chi connectivity index (χ4n) is 1.83. The molecule has 0 atom stereocenters. The van der Waals surface area contributed by atoms with E-state index in [0.717, 1.165) is 12.8 Å². The fourth-order valence-corrected chi connectivity index (χ4v) is 1.83. The van der Waals surface area contributed by atoms with Gasteiger partial charge in [-0.1, -0.05) is 13.3 Å². The van der Waals surface area contributed by atoms with Crippen molar-refractivity contribution < 1.29 is 18.7 Å². The molecular formula is C15H16O5. The van der Waals surface area contributed by atoms with Crippen molar-refractivity contribution in [3.63, 3.8) is 0 Å². The minimum atomic E-state index is -0.565. The van der Waals surface area contributed by atoms with E-state index in [1.54, 1.807) is 12.1 Å². The summed E-state index contributed by atoms with van der Waals surface area (Å²) in [7, 11) is 1.28. The van der Waals surface area contributed by atoms with Gasteiger partial charge in [0.1, 0.15) is 11.3 Å². The first kappa shape index (κ1) is 14.1. The molecule has 0 aliphatic heterocycles. The zero-order valence-electron chi connectivity index (χ0n) is 11.5. The molecule has 1 aromatic carbocycles. The van der Waals surface area contributed by atoms with E-state index in [0.29, 0.717) is 17.7 Å². The van der Waals surface area contributed by atoms with E-state index in [1.807, 2.05) is 0 Å². The minimum Gasteiger partial charge on any atom is -0.494 e. The van der Waals surface area contributed by atoms with E-state index in [-0.39, 0.29) is 11.1 Å². The molecule has 0 aliphatic carbocycles. The predicted molar refractivity (Wildman–Crippen MR) is 74.2 cm³/mol. The number of hydrogen-bond donors (Lipinski definition) is 0. The molecular weight excluding hydrogens is 260 g/mol. The van der Waals surface area contributed by atoms with Gasteiger partial charge in [0.15, 0.2) is 5.58 Å². The highest BCUT2D eigenvalue weighted by Gasteiger charge is 2.15. The highest BCUT2D eigenvalue weighted by atomic mass is 16.5. The van der Waals surface area contributed by atoms with E-state index >= 15 is 0 Å². The van der Waals surface area contributed by atoms with Gasteiger partial charge in [0.25, 0.3) is 0 Å². The first-order valence-electron chi connectivity index (χ1n) is 6.44. The van der Waals surface area contributed by atoms with Gasteiger partial charge in [-0.2, -0.15) is 0 Å². The fraction of sp³-hybridized carbons (Fsp3) is 0.333. The molecule has 20 heavy (non-hydrogen) atoms. The summed E-state index contributed by atoms with van der Waals surface area (Å²) in [6.07, 6.45) is 1.95. The molecule has 0 N–H and O–H groups in total. The Morgan fingerprint density at radius 1 is 1.30 bits per heavy atom. The van der Waals surface area contributed by atoms with Crippen LogP contribution >= 0.6 is 0 Å². The van der Waals surface area contributed by atoms with Crippen LogP contribution in [0.4, 0.5) is 0 Å². The average Bonchev–Trinajstić information content (AvgIpc) is 2.46. The number of esters is 1. The van der Waals surface area contributed by atoms with Gasteiger partial charge in [0.2, 0.25) is 0 Å². The van der Waals surface area contributed by atoms with Crippen LogP contribution in [-0.4, -0.2) is 19.7 Å². The van der Waals surface area contributed by atoms with Gasteiger partial charge in [-0.15, -0.1) is 0 Å².